The summed E-state index contributed by atoms with van der Waals surface area (Å²) in [7, 11) is 1.59. The molecule has 1 aromatic heterocycles. The van der Waals surface area contributed by atoms with E-state index in [-0.39, 0.29) is 36.5 Å². The number of benzene rings is 1. The fraction of sp³-hybridized carbons (Fsp3) is 0.476. The molecule has 1 aromatic carbocycles. The number of amides is 1. The Balaban J connectivity index is 1.75. The smallest absolute Gasteiger partial charge is 0.416 e. The van der Waals surface area contributed by atoms with E-state index in [1.807, 2.05) is 4.90 Å². The summed E-state index contributed by atoms with van der Waals surface area (Å²) in [6.45, 7) is 3.62. The molecule has 1 unspecified atom stereocenters. The van der Waals surface area contributed by atoms with Crippen LogP contribution < -0.4 is 5.32 Å². The highest BCUT2D eigenvalue weighted by atomic mass is 19.4. The van der Waals surface area contributed by atoms with Gasteiger partial charge < -0.3 is 10.1 Å². The van der Waals surface area contributed by atoms with Gasteiger partial charge in [-0.1, -0.05) is 12.1 Å². The molecular weight excluding hydrogens is 413 g/mol. The number of halogens is 3. The first kappa shape index (κ1) is 22.8. The Kier molecular flexibility index (Phi) is 6.68. The van der Waals surface area contributed by atoms with Crippen LogP contribution in [0.3, 0.4) is 0 Å². The lowest BCUT2D eigenvalue weighted by molar-refractivity contribution is -0.137. The topological polar surface area (TPSA) is 76.5 Å². The third-order valence-electron chi connectivity index (χ3n) is 5.23. The Morgan fingerprint density at radius 1 is 1.35 bits per heavy atom. The Bertz CT molecular complexity index is 954. The van der Waals surface area contributed by atoms with Crippen LogP contribution >= 0.6 is 0 Å². The second-order valence-corrected chi connectivity index (χ2v) is 7.50. The van der Waals surface area contributed by atoms with Crippen LogP contribution in [0.1, 0.15) is 54.2 Å². The average molecular weight is 438 g/mol. The number of anilines is 1. The van der Waals surface area contributed by atoms with Crippen molar-refractivity contribution >= 4 is 17.7 Å². The van der Waals surface area contributed by atoms with E-state index in [4.69, 9.17) is 4.74 Å². The summed E-state index contributed by atoms with van der Waals surface area (Å²) < 4.78 is 45.6. The van der Waals surface area contributed by atoms with Gasteiger partial charge in [0.1, 0.15) is 11.4 Å². The van der Waals surface area contributed by atoms with Gasteiger partial charge in [0, 0.05) is 19.1 Å². The number of alkyl halides is 3. The number of carbonyl (C=O) groups excluding carboxylic acids is 2. The van der Waals surface area contributed by atoms with Crippen molar-refractivity contribution in [1.29, 1.82) is 0 Å². The van der Waals surface area contributed by atoms with E-state index in [1.54, 1.807) is 27.0 Å². The van der Waals surface area contributed by atoms with Gasteiger partial charge in [-0.2, -0.15) is 18.3 Å². The maximum atomic E-state index is 13.1. The highest BCUT2D eigenvalue weighted by Gasteiger charge is 2.36. The molecule has 2 aromatic rings. The van der Waals surface area contributed by atoms with Gasteiger partial charge in [-0.15, -0.1) is 0 Å². The summed E-state index contributed by atoms with van der Waals surface area (Å²) in [5.74, 6) is -0.770. The zero-order valence-electron chi connectivity index (χ0n) is 17.6. The molecule has 1 fully saturated rings. The van der Waals surface area contributed by atoms with Crippen molar-refractivity contribution in [3.8, 4) is 0 Å². The Morgan fingerprint density at radius 2 is 2.06 bits per heavy atom. The van der Waals surface area contributed by atoms with E-state index in [2.05, 4.69) is 10.4 Å². The van der Waals surface area contributed by atoms with Crippen molar-refractivity contribution in [3.63, 3.8) is 0 Å². The van der Waals surface area contributed by atoms with E-state index >= 15 is 0 Å². The summed E-state index contributed by atoms with van der Waals surface area (Å²) in [6.07, 6.45) is -1.37. The van der Waals surface area contributed by atoms with E-state index < -0.39 is 23.8 Å². The molecule has 7 nitrogen and oxygen atoms in total. The standard InChI is InChI=1S/C21H25F3N4O3/c1-4-31-20(30)17-11-25-27(3)19(17)26-18(29)12-28(16-8-9-16)13(2)14-6-5-7-15(10-14)21(22,23)24/h5-7,10-11,13,16H,4,8-9,12H2,1-3H3,(H,26,29). The van der Waals surface area contributed by atoms with Gasteiger partial charge in [0.25, 0.3) is 0 Å². The Hall–Kier alpha value is -2.88. The van der Waals surface area contributed by atoms with Gasteiger partial charge in [-0.05, 0) is 44.4 Å². The maximum absolute atomic E-state index is 13.1. The first-order valence-corrected chi connectivity index (χ1v) is 10.0. The lowest BCUT2D eigenvalue weighted by Crippen LogP contribution is -2.37. The summed E-state index contributed by atoms with van der Waals surface area (Å²) in [4.78, 5) is 26.7. The average Bonchev–Trinajstić information content (AvgIpc) is 3.49. The normalized spacial score (nSPS) is 15.1. The van der Waals surface area contributed by atoms with Crippen LogP contribution in [0, 0.1) is 0 Å². The number of nitrogens with zero attached hydrogens (tertiary/aromatic N) is 3. The summed E-state index contributed by atoms with van der Waals surface area (Å²) >= 11 is 0. The second-order valence-electron chi connectivity index (χ2n) is 7.50. The largest absolute Gasteiger partial charge is 0.462 e. The summed E-state index contributed by atoms with van der Waals surface area (Å²) in [6, 6.07) is 4.89. The molecule has 0 radical (unpaired) electrons. The van der Waals surface area contributed by atoms with Crippen LogP contribution in [0.5, 0.6) is 0 Å². The summed E-state index contributed by atoms with van der Waals surface area (Å²) in [5, 5.41) is 6.69. The highest BCUT2D eigenvalue weighted by Crippen LogP contribution is 2.36. The van der Waals surface area contributed by atoms with Gasteiger partial charge in [0.2, 0.25) is 5.91 Å². The molecule has 3 rings (SSSR count). The van der Waals surface area contributed by atoms with Crippen molar-refractivity contribution < 1.29 is 27.5 Å². The molecule has 1 aliphatic carbocycles. The third kappa shape index (κ3) is 5.43. The SMILES string of the molecule is CCOC(=O)c1cnn(C)c1NC(=O)CN(C1CC1)C(C)c1cccc(C(F)(F)F)c1. The van der Waals surface area contributed by atoms with Crippen LogP contribution in [0.25, 0.3) is 0 Å². The minimum absolute atomic E-state index is 0.0322. The van der Waals surface area contributed by atoms with Crippen LogP contribution in [-0.2, 0) is 22.8 Å². The van der Waals surface area contributed by atoms with Gasteiger partial charge in [-0.3, -0.25) is 14.4 Å². The molecule has 1 saturated carbocycles. The molecule has 1 N–H and O–H groups in total. The monoisotopic (exact) mass is 438 g/mol. The van der Waals surface area contributed by atoms with Crippen molar-refractivity contribution in [3.05, 3.63) is 47.2 Å². The molecule has 168 valence electrons. The molecule has 0 bridgehead atoms. The number of aromatic nitrogens is 2. The van der Waals surface area contributed by atoms with E-state index in [9.17, 15) is 22.8 Å². The molecular formula is C21H25F3N4O3. The Labute approximate surface area is 178 Å². The van der Waals surface area contributed by atoms with Crippen molar-refractivity contribution in [1.82, 2.24) is 14.7 Å². The lowest BCUT2D eigenvalue weighted by Gasteiger charge is -2.29. The van der Waals surface area contributed by atoms with Gasteiger partial charge in [0.15, 0.2) is 0 Å². The number of esters is 1. The predicted molar refractivity (Wildman–Crippen MR) is 107 cm³/mol. The first-order chi connectivity index (χ1) is 14.6. The molecule has 31 heavy (non-hydrogen) atoms. The van der Waals surface area contributed by atoms with E-state index in [0.717, 1.165) is 25.0 Å². The molecule has 1 heterocycles. The minimum atomic E-state index is -4.43. The van der Waals surface area contributed by atoms with Crippen molar-refractivity contribution in [2.75, 3.05) is 18.5 Å². The van der Waals surface area contributed by atoms with Crippen molar-refractivity contribution in [2.45, 2.75) is 44.9 Å². The number of rotatable bonds is 8. The fourth-order valence-electron chi connectivity index (χ4n) is 3.44. The summed E-state index contributed by atoms with van der Waals surface area (Å²) in [5.41, 5.74) is -0.0881. The molecule has 1 aliphatic rings. The number of hydrogen-bond donors (Lipinski definition) is 1. The van der Waals surface area contributed by atoms with Gasteiger partial charge >= 0.3 is 12.1 Å². The molecule has 1 amide bonds. The number of carbonyl (C=O) groups is 2. The fourth-order valence-corrected chi connectivity index (χ4v) is 3.44. The zero-order chi connectivity index (χ0) is 22.8. The van der Waals surface area contributed by atoms with Gasteiger partial charge in [-0.25, -0.2) is 4.79 Å². The van der Waals surface area contributed by atoms with Gasteiger partial charge in [0.05, 0.1) is 24.9 Å². The molecule has 0 spiro atoms. The van der Waals surface area contributed by atoms with E-state index in [0.29, 0.717) is 5.56 Å². The quantitative estimate of drug-likeness (QED) is 0.635. The second kappa shape index (κ2) is 9.09. The number of ether oxygens (including phenoxy) is 1. The number of hydrogen-bond acceptors (Lipinski definition) is 5. The lowest BCUT2D eigenvalue weighted by atomic mass is 10.0. The molecule has 1 atom stereocenters. The minimum Gasteiger partial charge on any atom is -0.462 e. The van der Waals surface area contributed by atoms with Crippen molar-refractivity contribution in [2.24, 2.45) is 7.05 Å². The first-order valence-electron chi connectivity index (χ1n) is 10.0. The maximum Gasteiger partial charge on any atom is 0.416 e. The third-order valence-corrected chi connectivity index (χ3v) is 5.23. The molecule has 0 aliphatic heterocycles. The zero-order valence-corrected chi connectivity index (χ0v) is 17.6. The highest BCUT2D eigenvalue weighted by molar-refractivity contribution is 6.00. The molecule has 0 saturated heterocycles. The molecule has 10 heteroatoms. The van der Waals surface area contributed by atoms with E-state index in [1.165, 1.54) is 16.9 Å². The van der Waals surface area contributed by atoms with Crippen LogP contribution in [0.2, 0.25) is 0 Å². The number of nitrogens with one attached hydrogen (secondary N) is 1. The van der Waals surface area contributed by atoms with Crippen LogP contribution in [0.4, 0.5) is 19.0 Å². The number of aryl methyl sites for hydroxylation is 1. The Morgan fingerprint density at radius 3 is 2.68 bits per heavy atom. The van der Waals surface area contributed by atoms with Crippen LogP contribution in [0.15, 0.2) is 30.5 Å². The van der Waals surface area contributed by atoms with Crippen LogP contribution in [-0.4, -0.2) is 45.8 Å². The predicted octanol–water partition coefficient (Wildman–Crippen LogP) is 3.78.